The molecule has 0 aromatic rings. The predicted octanol–water partition coefficient (Wildman–Crippen LogP) is 2.15. The molecule has 0 amide bonds. The van der Waals surface area contributed by atoms with Gasteiger partial charge in [0.2, 0.25) is 0 Å². The van der Waals surface area contributed by atoms with Crippen LogP contribution in [0.15, 0.2) is 0 Å². The molecule has 0 bridgehead atoms. The van der Waals surface area contributed by atoms with Crippen LogP contribution in [-0.2, 0) is 4.74 Å². The highest BCUT2D eigenvalue weighted by molar-refractivity contribution is 4.85. The van der Waals surface area contributed by atoms with E-state index in [-0.39, 0.29) is 0 Å². The van der Waals surface area contributed by atoms with Crippen molar-refractivity contribution in [3.05, 3.63) is 0 Å². The minimum atomic E-state index is 0.554. The van der Waals surface area contributed by atoms with Crippen LogP contribution in [0.25, 0.3) is 0 Å². The Balaban J connectivity index is 1.29. The highest BCUT2D eigenvalue weighted by Gasteiger charge is 2.31. The van der Waals surface area contributed by atoms with Crippen LogP contribution in [0.2, 0.25) is 0 Å². The van der Waals surface area contributed by atoms with E-state index in [2.05, 4.69) is 28.5 Å². The molecule has 3 fully saturated rings. The van der Waals surface area contributed by atoms with Gasteiger partial charge in [-0.05, 0) is 64.5 Å². The fraction of sp³-hybridized carbons (Fsp3) is 1.00. The molecule has 0 spiro atoms. The number of piperazine rings is 1. The molecule has 0 aromatic heterocycles. The monoisotopic (exact) mass is 323 g/mol. The SMILES string of the molecule is CO[C@H]1C[C@H](CN2CCN(CC3CCN(C(C)C)CC3)CC2)C1. The zero-order chi connectivity index (χ0) is 16.2. The third-order valence-corrected chi connectivity index (χ3v) is 6.40. The summed E-state index contributed by atoms with van der Waals surface area (Å²) in [5, 5.41) is 0. The Morgan fingerprint density at radius 1 is 0.826 bits per heavy atom. The van der Waals surface area contributed by atoms with Gasteiger partial charge in [-0.2, -0.15) is 0 Å². The van der Waals surface area contributed by atoms with Crippen LogP contribution in [-0.4, -0.2) is 86.3 Å². The molecule has 23 heavy (non-hydrogen) atoms. The van der Waals surface area contributed by atoms with Crippen LogP contribution in [0.3, 0.4) is 0 Å². The van der Waals surface area contributed by atoms with Crippen molar-refractivity contribution in [2.24, 2.45) is 11.8 Å². The molecule has 2 aliphatic heterocycles. The molecular formula is C19H37N3O. The van der Waals surface area contributed by atoms with Gasteiger partial charge < -0.3 is 19.4 Å². The number of methoxy groups -OCH3 is 1. The first-order valence-electron chi connectivity index (χ1n) is 9.85. The first-order valence-corrected chi connectivity index (χ1v) is 9.85. The average Bonchev–Trinajstić information content (AvgIpc) is 2.52. The maximum absolute atomic E-state index is 5.40. The molecule has 1 aliphatic carbocycles. The van der Waals surface area contributed by atoms with Gasteiger partial charge >= 0.3 is 0 Å². The van der Waals surface area contributed by atoms with Gasteiger partial charge in [0.1, 0.15) is 0 Å². The summed E-state index contributed by atoms with van der Waals surface area (Å²) in [7, 11) is 1.85. The van der Waals surface area contributed by atoms with Crippen LogP contribution >= 0.6 is 0 Å². The lowest BCUT2D eigenvalue weighted by Gasteiger charge is -2.42. The second-order valence-corrected chi connectivity index (χ2v) is 8.37. The number of ether oxygens (including phenoxy) is 1. The molecule has 0 N–H and O–H groups in total. The molecule has 134 valence electrons. The van der Waals surface area contributed by atoms with Crippen molar-refractivity contribution in [1.29, 1.82) is 0 Å². The van der Waals surface area contributed by atoms with Gasteiger partial charge in [-0.3, -0.25) is 0 Å². The first kappa shape index (κ1) is 17.7. The van der Waals surface area contributed by atoms with Crippen LogP contribution in [0.1, 0.15) is 39.5 Å². The molecule has 2 heterocycles. The van der Waals surface area contributed by atoms with E-state index in [1.54, 1.807) is 0 Å². The van der Waals surface area contributed by atoms with Crippen molar-refractivity contribution in [3.8, 4) is 0 Å². The van der Waals surface area contributed by atoms with E-state index in [9.17, 15) is 0 Å². The van der Waals surface area contributed by atoms with E-state index in [1.807, 2.05) is 7.11 Å². The molecule has 0 atom stereocenters. The van der Waals surface area contributed by atoms with Crippen LogP contribution in [0.5, 0.6) is 0 Å². The molecule has 0 aromatic carbocycles. The van der Waals surface area contributed by atoms with Gasteiger partial charge in [0.25, 0.3) is 0 Å². The van der Waals surface area contributed by atoms with Crippen molar-refractivity contribution >= 4 is 0 Å². The summed E-state index contributed by atoms with van der Waals surface area (Å²) < 4.78 is 5.40. The summed E-state index contributed by atoms with van der Waals surface area (Å²) in [6.45, 7) is 15.0. The average molecular weight is 324 g/mol. The number of nitrogens with zero attached hydrogens (tertiary/aromatic N) is 3. The van der Waals surface area contributed by atoms with Crippen LogP contribution < -0.4 is 0 Å². The molecular weight excluding hydrogens is 286 g/mol. The molecule has 2 saturated heterocycles. The fourth-order valence-corrected chi connectivity index (χ4v) is 4.55. The number of likely N-dealkylation sites (tertiary alicyclic amines) is 1. The number of hydrogen-bond donors (Lipinski definition) is 0. The van der Waals surface area contributed by atoms with E-state index in [0.29, 0.717) is 6.10 Å². The van der Waals surface area contributed by atoms with E-state index >= 15 is 0 Å². The second kappa shape index (κ2) is 8.28. The third kappa shape index (κ3) is 4.91. The van der Waals surface area contributed by atoms with Crippen LogP contribution in [0.4, 0.5) is 0 Å². The fourth-order valence-electron chi connectivity index (χ4n) is 4.55. The van der Waals surface area contributed by atoms with Crippen molar-refractivity contribution in [2.75, 3.05) is 59.5 Å². The summed E-state index contributed by atoms with van der Waals surface area (Å²) in [6.07, 6.45) is 5.92. The predicted molar refractivity (Wildman–Crippen MR) is 95.8 cm³/mol. The van der Waals surface area contributed by atoms with Gasteiger partial charge in [-0.25, -0.2) is 0 Å². The number of rotatable bonds is 6. The Morgan fingerprint density at radius 3 is 1.83 bits per heavy atom. The normalized spacial score (nSPS) is 32.3. The Kier molecular flexibility index (Phi) is 6.36. The number of hydrogen-bond acceptors (Lipinski definition) is 4. The van der Waals surface area contributed by atoms with E-state index in [1.165, 1.54) is 78.0 Å². The van der Waals surface area contributed by atoms with Gasteiger partial charge in [-0.1, -0.05) is 0 Å². The van der Waals surface area contributed by atoms with E-state index in [0.717, 1.165) is 17.9 Å². The van der Waals surface area contributed by atoms with Crippen LogP contribution in [0, 0.1) is 11.8 Å². The van der Waals surface area contributed by atoms with Gasteiger partial charge in [0, 0.05) is 52.4 Å². The summed E-state index contributed by atoms with van der Waals surface area (Å²) in [5.74, 6) is 1.83. The topological polar surface area (TPSA) is 19.0 Å². The zero-order valence-electron chi connectivity index (χ0n) is 15.5. The van der Waals surface area contributed by atoms with Crippen molar-refractivity contribution in [2.45, 2.75) is 51.7 Å². The minimum absolute atomic E-state index is 0.554. The van der Waals surface area contributed by atoms with Gasteiger partial charge in [0.15, 0.2) is 0 Å². The molecule has 3 aliphatic rings. The molecule has 3 rings (SSSR count). The Morgan fingerprint density at radius 2 is 1.35 bits per heavy atom. The summed E-state index contributed by atoms with van der Waals surface area (Å²) in [5.41, 5.74) is 0. The zero-order valence-corrected chi connectivity index (χ0v) is 15.5. The lowest BCUT2D eigenvalue weighted by atomic mass is 9.82. The highest BCUT2D eigenvalue weighted by Crippen LogP contribution is 2.30. The smallest absolute Gasteiger partial charge is 0.0577 e. The Hall–Kier alpha value is -0.160. The number of piperidine rings is 1. The van der Waals surface area contributed by atoms with Crippen molar-refractivity contribution < 1.29 is 4.74 Å². The van der Waals surface area contributed by atoms with Gasteiger partial charge in [0.05, 0.1) is 6.10 Å². The van der Waals surface area contributed by atoms with Gasteiger partial charge in [-0.15, -0.1) is 0 Å². The summed E-state index contributed by atoms with van der Waals surface area (Å²) in [4.78, 5) is 8.06. The Labute approximate surface area is 143 Å². The lowest BCUT2D eigenvalue weighted by Crippen LogP contribution is -2.51. The van der Waals surface area contributed by atoms with E-state index in [4.69, 9.17) is 4.74 Å². The minimum Gasteiger partial charge on any atom is -0.381 e. The molecule has 4 heteroatoms. The second-order valence-electron chi connectivity index (χ2n) is 8.37. The standard InChI is InChI=1S/C19H37N3O/c1-16(2)22-6-4-17(5-7-22)14-20-8-10-21(11-9-20)15-18-12-19(13-18)23-3/h16-19H,4-15H2,1-3H3/t18-,19-. The van der Waals surface area contributed by atoms with Crippen molar-refractivity contribution in [3.63, 3.8) is 0 Å². The molecule has 4 nitrogen and oxygen atoms in total. The summed E-state index contributed by atoms with van der Waals surface area (Å²) >= 11 is 0. The van der Waals surface area contributed by atoms with E-state index < -0.39 is 0 Å². The lowest BCUT2D eigenvalue weighted by molar-refractivity contribution is -0.0169. The molecule has 0 unspecified atom stereocenters. The third-order valence-electron chi connectivity index (χ3n) is 6.40. The molecule has 1 saturated carbocycles. The maximum Gasteiger partial charge on any atom is 0.0577 e. The van der Waals surface area contributed by atoms with Crippen molar-refractivity contribution in [1.82, 2.24) is 14.7 Å². The largest absolute Gasteiger partial charge is 0.381 e. The quantitative estimate of drug-likeness (QED) is 0.745. The molecule has 0 radical (unpaired) electrons. The highest BCUT2D eigenvalue weighted by atomic mass is 16.5. The summed E-state index contributed by atoms with van der Waals surface area (Å²) in [6, 6.07) is 0.726. The maximum atomic E-state index is 5.40. The first-order chi connectivity index (χ1) is 11.1. The Bertz CT molecular complexity index is 341.